The summed E-state index contributed by atoms with van der Waals surface area (Å²) in [6.07, 6.45) is 3.02. The fourth-order valence-corrected chi connectivity index (χ4v) is 3.12. The lowest BCUT2D eigenvalue weighted by Gasteiger charge is -2.10. The summed E-state index contributed by atoms with van der Waals surface area (Å²) in [5, 5.41) is 5.12. The predicted molar refractivity (Wildman–Crippen MR) is 99.0 cm³/mol. The molecule has 0 radical (unpaired) electrons. The predicted octanol–water partition coefficient (Wildman–Crippen LogP) is 4.76. The second-order valence-corrected chi connectivity index (χ2v) is 6.34. The first-order valence-corrected chi connectivity index (χ1v) is 8.23. The maximum absolute atomic E-state index is 11.8. The van der Waals surface area contributed by atoms with E-state index < -0.39 is 5.91 Å². The number of rotatable bonds is 4. The highest BCUT2D eigenvalue weighted by Gasteiger charge is 2.11. The molecule has 25 heavy (non-hydrogen) atoms. The van der Waals surface area contributed by atoms with E-state index >= 15 is 0 Å². The lowest BCUT2D eigenvalue weighted by molar-refractivity contribution is 0.0927. The third-order valence-corrected chi connectivity index (χ3v) is 4.13. The second-order valence-electron chi connectivity index (χ2n) is 5.47. The molecule has 0 unspecified atom stereocenters. The lowest BCUT2D eigenvalue weighted by Crippen LogP contribution is -2.16. The Morgan fingerprint density at radius 1 is 1.20 bits per heavy atom. The van der Waals surface area contributed by atoms with Crippen LogP contribution in [0.25, 0.3) is 5.69 Å². The fraction of sp³-hybridized carbons (Fsp3) is 0.111. The molecule has 0 saturated carbocycles. The number of nitrogens with one attached hydrogen (secondary N) is 1. The molecule has 0 bridgehead atoms. The fourth-order valence-electron chi connectivity index (χ4n) is 2.61. The van der Waals surface area contributed by atoms with E-state index in [-0.39, 0.29) is 5.76 Å². The third kappa shape index (κ3) is 3.78. The first kappa shape index (κ1) is 17.3. The first-order valence-electron chi connectivity index (χ1n) is 7.48. The molecular weight excluding hydrogens is 361 g/mol. The maximum Gasteiger partial charge on any atom is 0.307 e. The van der Waals surface area contributed by atoms with E-state index in [0.29, 0.717) is 10.0 Å². The monoisotopic (exact) mass is 375 g/mol. The Morgan fingerprint density at radius 2 is 1.92 bits per heavy atom. The Morgan fingerprint density at radius 3 is 2.56 bits per heavy atom. The van der Waals surface area contributed by atoms with E-state index in [4.69, 9.17) is 27.6 Å². The highest BCUT2D eigenvalue weighted by atomic mass is 35.5. The van der Waals surface area contributed by atoms with Gasteiger partial charge in [0.25, 0.3) is 0 Å². The Kier molecular flexibility index (Phi) is 4.97. The van der Waals surface area contributed by atoms with Crippen molar-refractivity contribution in [3.05, 3.63) is 75.4 Å². The van der Waals surface area contributed by atoms with Crippen LogP contribution in [0.2, 0.25) is 10.0 Å². The number of carbonyl (C=O) groups excluding carboxylic acids is 1. The van der Waals surface area contributed by atoms with Gasteiger partial charge in [-0.3, -0.25) is 4.79 Å². The minimum absolute atomic E-state index is 0.205. The molecule has 128 valence electrons. The van der Waals surface area contributed by atoms with Crippen LogP contribution in [0.15, 0.2) is 52.2 Å². The summed E-state index contributed by atoms with van der Waals surface area (Å²) < 4.78 is 7.03. The molecule has 3 rings (SSSR count). The maximum atomic E-state index is 11.8. The van der Waals surface area contributed by atoms with Crippen molar-refractivity contribution in [2.24, 2.45) is 5.10 Å². The molecule has 1 aromatic carbocycles. The van der Waals surface area contributed by atoms with Gasteiger partial charge in [0.15, 0.2) is 5.76 Å². The van der Waals surface area contributed by atoms with Gasteiger partial charge in [-0.05, 0) is 50.2 Å². The zero-order valence-corrected chi connectivity index (χ0v) is 15.1. The zero-order chi connectivity index (χ0) is 18.0. The van der Waals surface area contributed by atoms with Gasteiger partial charge in [0.2, 0.25) is 0 Å². The molecular formula is C18H15Cl2N3O2. The van der Waals surface area contributed by atoms with Crippen molar-refractivity contribution < 1.29 is 9.21 Å². The van der Waals surface area contributed by atoms with Gasteiger partial charge in [0.05, 0.1) is 12.5 Å². The van der Waals surface area contributed by atoms with E-state index in [0.717, 1.165) is 22.6 Å². The van der Waals surface area contributed by atoms with Crippen LogP contribution in [-0.4, -0.2) is 16.7 Å². The number of halogens is 2. The summed E-state index contributed by atoms with van der Waals surface area (Å²) in [5.74, 6) is -0.201. The second kappa shape index (κ2) is 7.17. The van der Waals surface area contributed by atoms with Crippen molar-refractivity contribution in [2.45, 2.75) is 13.8 Å². The quantitative estimate of drug-likeness (QED) is 0.527. The molecule has 1 amide bonds. The molecule has 0 aliphatic rings. The number of carbonyl (C=O) groups is 1. The zero-order valence-electron chi connectivity index (χ0n) is 13.6. The van der Waals surface area contributed by atoms with Crippen LogP contribution in [0.5, 0.6) is 0 Å². The lowest BCUT2D eigenvalue weighted by atomic mass is 10.2. The summed E-state index contributed by atoms with van der Waals surface area (Å²) in [6.45, 7) is 3.93. The van der Waals surface area contributed by atoms with Gasteiger partial charge in [-0.2, -0.15) is 5.10 Å². The number of aryl methyl sites for hydroxylation is 1. The Hall–Kier alpha value is -2.50. The van der Waals surface area contributed by atoms with Gasteiger partial charge >= 0.3 is 5.91 Å². The molecule has 1 N–H and O–H groups in total. The van der Waals surface area contributed by atoms with Crippen molar-refractivity contribution in [1.29, 1.82) is 0 Å². The van der Waals surface area contributed by atoms with Gasteiger partial charge in [0.1, 0.15) is 0 Å². The summed E-state index contributed by atoms with van der Waals surface area (Å²) >= 11 is 12.2. The van der Waals surface area contributed by atoms with Gasteiger partial charge in [0, 0.05) is 32.7 Å². The largest absolute Gasteiger partial charge is 0.459 e. The van der Waals surface area contributed by atoms with Gasteiger partial charge in [-0.1, -0.05) is 23.2 Å². The topological polar surface area (TPSA) is 59.5 Å². The van der Waals surface area contributed by atoms with Crippen LogP contribution in [0.1, 0.15) is 27.5 Å². The van der Waals surface area contributed by atoms with E-state index in [1.165, 1.54) is 6.26 Å². The average molecular weight is 376 g/mol. The summed E-state index contributed by atoms with van der Waals surface area (Å²) in [7, 11) is 0. The smallest absolute Gasteiger partial charge is 0.307 e. The number of hydrogen-bond donors (Lipinski definition) is 1. The van der Waals surface area contributed by atoms with Crippen LogP contribution < -0.4 is 5.43 Å². The van der Waals surface area contributed by atoms with Crippen LogP contribution in [-0.2, 0) is 0 Å². The number of furan rings is 1. The van der Waals surface area contributed by atoms with Crippen molar-refractivity contribution in [1.82, 2.24) is 9.99 Å². The normalized spacial score (nSPS) is 11.2. The minimum atomic E-state index is -0.406. The molecule has 0 atom stereocenters. The van der Waals surface area contributed by atoms with Crippen LogP contribution in [0.3, 0.4) is 0 Å². The molecule has 5 nitrogen and oxygen atoms in total. The van der Waals surface area contributed by atoms with Crippen LogP contribution in [0, 0.1) is 13.8 Å². The number of hydrazone groups is 1. The van der Waals surface area contributed by atoms with E-state index in [1.54, 1.807) is 24.4 Å². The average Bonchev–Trinajstić information content (AvgIpc) is 3.15. The number of amides is 1. The summed E-state index contributed by atoms with van der Waals surface area (Å²) in [5.41, 5.74) is 6.11. The molecule has 0 saturated heterocycles. The van der Waals surface area contributed by atoms with Gasteiger partial charge in [-0.15, -0.1) is 0 Å². The number of nitrogens with zero attached hydrogens (tertiary/aromatic N) is 2. The molecule has 7 heteroatoms. The van der Waals surface area contributed by atoms with Gasteiger partial charge < -0.3 is 8.98 Å². The molecule has 2 aromatic heterocycles. The molecule has 3 aromatic rings. The third-order valence-electron chi connectivity index (χ3n) is 3.69. The standard InChI is InChI=1S/C18H15Cl2N3O2/c1-11-6-13(10-21-22-18(24)17-4-3-5-25-17)12(2)23(11)16-8-14(19)7-15(20)9-16/h3-10H,1-2H3,(H,22,24)/b21-10-. The Labute approximate surface area is 154 Å². The Bertz CT molecular complexity index is 923. The van der Waals surface area contributed by atoms with Gasteiger partial charge in [-0.25, -0.2) is 5.43 Å². The van der Waals surface area contributed by atoms with Crippen molar-refractivity contribution in [3.8, 4) is 5.69 Å². The van der Waals surface area contributed by atoms with E-state index in [9.17, 15) is 4.79 Å². The Balaban J connectivity index is 1.84. The number of hydrogen-bond acceptors (Lipinski definition) is 3. The van der Waals surface area contributed by atoms with E-state index in [1.807, 2.05) is 36.6 Å². The van der Waals surface area contributed by atoms with Crippen molar-refractivity contribution in [3.63, 3.8) is 0 Å². The molecule has 2 heterocycles. The number of aromatic nitrogens is 1. The van der Waals surface area contributed by atoms with E-state index in [2.05, 4.69) is 10.5 Å². The highest BCUT2D eigenvalue weighted by Crippen LogP contribution is 2.25. The van der Waals surface area contributed by atoms with Crippen LogP contribution in [0.4, 0.5) is 0 Å². The summed E-state index contributed by atoms with van der Waals surface area (Å²) in [4.78, 5) is 11.8. The molecule has 0 spiro atoms. The minimum Gasteiger partial charge on any atom is -0.459 e. The number of benzene rings is 1. The molecule has 0 aliphatic carbocycles. The van der Waals surface area contributed by atoms with Crippen molar-refractivity contribution >= 4 is 35.3 Å². The SMILES string of the molecule is Cc1cc(/C=N\NC(=O)c2ccco2)c(C)n1-c1cc(Cl)cc(Cl)c1. The molecule has 0 fully saturated rings. The van der Waals surface area contributed by atoms with Crippen molar-refractivity contribution in [2.75, 3.05) is 0 Å². The van der Waals surface area contributed by atoms with Crippen LogP contribution >= 0.6 is 23.2 Å². The first-order chi connectivity index (χ1) is 12.0. The molecule has 0 aliphatic heterocycles. The summed E-state index contributed by atoms with van der Waals surface area (Å²) in [6, 6.07) is 10.5. The highest BCUT2D eigenvalue weighted by molar-refractivity contribution is 6.34.